The minimum absolute atomic E-state index is 0.0428. The molecule has 0 spiro atoms. The van der Waals surface area contributed by atoms with Crippen LogP contribution in [0.1, 0.15) is 27.0 Å². The standard InChI is InChI=1S/C15H15FO4S/c1-3-11-7-13(14(21-11)15(17)18)20-8-9-6-10(16)4-5-12(9)19-2/h4-7H,3,8H2,1-2H3,(H,17,18). The molecule has 0 saturated heterocycles. The Kier molecular flexibility index (Phi) is 4.80. The Bertz CT molecular complexity index is 651. The Labute approximate surface area is 125 Å². The van der Waals surface area contributed by atoms with Crippen LogP contribution in [0.3, 0.4) is 0 Å². The fourth-order valence-corrected chi connectivity index (χ4v) is 2.75. The lowest BCUT2D eigenvalue weighted by Crippen LogP contribution is -2.02. The summed E-state index contributed by atoms with van der Waals surface area (Å²) in [6, 6.07) is 5.83. The molecule has 2 rings (SSSR count). The van der Waals surface area contributed by atoms with E-state index in [9.17, 15) is 9.18 Å². The van der Waals surface area contributed by atoms with Crippen LogP contribution in [-0.4, -0.2) is 18.2 Å². The zero-order valence-corrected chi connectivity index (χ0v) is 12.5. The maximum Gasteiger partial charge on any atom is 0.349 e. The van der Waals surface area contributed by atoms with Crippen molar-refractivity contribution in [1.82, 2.24) is 0 Å². The third-order valence-electron chi connectivity index (χ3n) is 2.92. The molecule has 1 aromatic carbocycles. The van der Waals surface area contributed by atoms with Crippen LogP contribution in [0.25, 0.3) is 0 Å². The fraction of sp³-hybridized carbons (Fsp3) is 0.267. The van der Waals surface area contributed by atoms with E-state index in [-0.39, 0.29) is 11.5 Å². The molecule has 0 bridgehead atoms. The monoisotopic (exact) mass is 310 g/mol. The molecule has 0 fully saturated rings. The first kappa shape index (κ1) is 15.3. The number of hydrogen-bond donors (Lipinski definition) is 1. The normalized spacial score (nSPS) is 10.4. The van der Waals surface area contributed by atoms with Crippen molar-refractivity contribution in [3.63, 3.8) is 0 Å². The first-order valence-electron chi connectivity index (χ1n) is 6.36. The Morgan fingerprint density at radius 1 is 1.33 bits per heavy atom. The predicted octanol–water partition coefficient (Wildman–Crippen LogP) is 3.74. The summed E-state index contributed by atoms with van der Waals surface area (Å²) >= 11 is 1.19. The van der Waals surface area contributed by atoms with Crippen LogP contribution in [0.15, 0.2) is 24.3 Å². The number of halogens is 1. The number of methoxy groups -OCH3 is 1. The van der Waals surface area contributed by atoms with Gasteiger partial charge in [0.1, 0.15) is 23.9 Å². The summed E-state index contributed by atoms with van der Waals surface area (Å²) in [6.45, 7) is 1.98. The van der Waals surface area contributed by atoms with E-state index in [1.807, 2.05) is 6.92 Å². The van der Waals surface area contributed by atoms with Crippen molar-refractivity contribution in [2.45, 2.75) is 20.0 Å². The quantitative estimate of drug-likeness (QED) is 0.883. The van der Waals surface area contributed by atoms with Crippen LogP contribution in [0.5, 0.6) is 11.5 Å². The first-order chi connectivity index (χ1) is 10.0. The van der Waals surface area contributed by atoms with Crippen LogP contribution in [0.2, 0.25) is 0 Å². The van der Waals surface area contributed by atoms with E-state index in [0.29, 0.717) is 17.1 Å². The molecule has 0 aliphatic heterocycles. The van der Waals surface area contributed by atoms with Gasteiger partial charge in [-0.25, -0.2) is 9.18 Å². The fourth-order valence-electron chi connectivity index (χ4n) is 1.87. The highest BCUT2D eigenvalue weighted by Gasteiger charge is 2.17. The van der Waals surface area contributed by atoms with Gasteiger partial charge in [-0.05, 0) is 30.7 Å². The molecular formula is C15H15FO4S. The number of aryl methyl sites for hydroxylation is 1. The van der Waals surface area contributed by atoms with Gasteiger partial charge in [0, 0.05) is 10.4 Å². The SMILES string of the molecule is CCc1cc(OCc2cc(F)ccc2OC)c(C(=O)O)s1. The molecule has 21 heavy (non-hydrogen) atoms. The molecule has 6 heteroatoms. The Morgan fingerprint density at radius 2 is 2.10 bits per heavy atom. The number of ether oxygens (including phenoxy) is 2. The van der Waals surface area contributed by atoms with E-state index in [0.717, 1.165) is 11.3 Å². The number of carboxylic acid groups (broad SMARTS) is 1. The highest BCUT2D eigenvalue weighted by Crippen LogP contribution is 2.31. The highest BCUT2D eigenvalue weighted by atomic mass is 32.1. The Morgan fingerprint density at radius 3 is 2.71 bits per heavy atom. The van der Waals surface area contributed by atoms with Gasteiger partial charge in [0.05, 0.1) is 7.11 Å². The number of rotatable bonds is 6. The van der Waals surface area contributed by atoms with Gasteiger partial charge in [0.2, 0.25) is 0 Å². The average Bonchev–Trinajstić information content (AvgIpc) is 2.89. The van der Waals surface area contributed by atoms with Crippen LogP contribution in [0, 0.1) is 5.82 Å². The molecule has 0 radical (unpaired) electrons. The topological polar surface area (TPSA) is 55.8 Å². The van der Waals surface area contributed by atoms with Crippen molar-refractivity contribution in [3.05, 3.63) is 45.4 Å². The molecule has 112 valence electrons. The first-order valence-corrected chi connectivity index (χ1v) is 7.18. The van der Waals surface area contributed by atoms with Crippen LogP contribution < -0.4 is 9.47 Å². The molecule has 0 atom stereocenters. The Hall–Kier alpha value is -2.08. The molecule has 0 saturated carbocycles. The lowest BCUT2D eigenvalue weighted by molar-refractivity contribution is 0.0697. The van der Waals surface area contributed by atoms with Crippen LogP contribution >= 0.6 is 11.3 Å². The summed E-state index contributed by atoms with van der Waals surface area (Å²) in [5.41, 5.74) is 0.526. The van der Waals surface area contributed by atoms with Crippen molar-refractivity contribution in [1.29, 1.82) is 0 Å². The molecule has 4 nitrogen and oxygen atoms in total. The number of carbonyl (C=O) groups is 1. The molecule has 0 amide bonds. The van der Waals surface area contributed by atoms with Gasteiger partial charge >= 0.3 is 5.97 Å². The van der Waals surface area contributed by atoms with Gasteiger partial charge < -0.3 is 14.6 Å². The highest BCUT2D eigenvalue weighted by molar-refractivity contribution is 7.14. The summed E-state index contributed by atoms with van der Waals surface area (Å²) in [5, 5.41) is 9.16. The number of aromatic carboxylic acids is 1. The molecule has 1 N–H and O–H groups in total. The van der Waals surface area contributed by atoms with Gasteiger partial charge in [-0.3, -0.25) is 0 Å². The largest absolute Gasteiger partial charge is 0.496 e. The zero-order valence-electron chi connectivity index (χ0n) is 11.7. The van der Waals surface area contributed by atoms with Gasteiger partial charge in [-0.2, -0.15) is 0 Å². The Balaban J connectivity index is 2.22. The van der Waals surface area contributed by atoms with Crippen molar-refractivity contribution in [3.8, 4) is 11.5 Å². The van der Waals surface area contributed by atoms with Gasteiger partial charge in [-0.1, -0.05) is 6.92 Å². The number of hydrogen-bond acceptors (Lipinski definition) is 4. The van der Waals surface area contributed by atoms with E-state index >= 15 is 0 Å². The second-order valence-electron chi connectivity index (χ2n) is 4.31. The number of thiophene rings is 1. The van der Waals surface area contributed by atoms with Crippen LogP contribution in [0.4, 0.5) is 4.39 Å². The van der Waals surface area contributed by atoms with Gasteiger partial charge in [-0.15, -0.1) is 11.3 Å². The predicted molar refractivity (Wildman–Crippen MR) is 77.9 cm³/mol. The third kappa shape index (κ3) is 3.52. The average molecular weight is 310 g/mol. The molecule has 1 heterocycles. The molecule has 0 aliphatic carbocycles. The summed E-state index contributed by atoms with van der Waals surface area (Å²) < 4.78 is 24.0. The van der Waals surface area contributed by atoms with E-state index < -0.39 is 11.8 Å². The van der Waals surface area contributed by atoms with Crippen molar-refractivity contribution < 1.29 is 23.8 Å². The lowest BCUT2D eigenvalue weighted by Gasteiger charge is -2.10. The van der Waals surface area contributed by atoms with E-state index in [2.05, 4.69) is 0 Å². The maximum absolute atomic E-state index is 13.3. The minimum Gasteiger partial charge on any atom is -0.496 e. The zero-order chi connectivity index (χ0) is 15.4. The molecule has 2 aromatic rings. The van der Waals surface area contributed by atoms with Crippen molar-refractivity contribution in [2.24, 2.45) is 0 Å². The second kappa shape index (κ2) is 6.58. The molecule has 1 aromatic heterocycles. The summed E-state index contributed by atoms with van der Waals surface area (Å²) in [5.74, 6) is -0.622. The second-order valence-corrected chi connectivity index (χ2v) is 5.45. The number of carboxylic acids is 1. The summed E-state index contributed by atoms with van der Waals surface area (Å²) in [4.78, 5) is 12.3. The lowest BCUT2D eigenvalue weighted by atomic mass is 10.2. The van der Waals surface area contributed by atoms with Crippen molar-refractivity contribution >= 4 is 17.3 Å². The van der Waals surface area contributed by atoms with Gasteiger partial charge in [0.25, 0.3) is 0 Å². The van der Waals surface area contributed by atoms with Crippen LogP contribution in [-0.2, 0) is 13.0 Å². The van der Waals surface area contributed by atoms with E-state index in [4.69, 9.17) is 14.6 Å². The number of benzene rings is 1. The summed E-state index contributed by atoms with van der Waals surface area (Å²) in [7, 11) is 1.49. The van der Waals surface area contributed by atoms with E-state index in [1.54, 1.807) is 6.07 Å². The smallest absolute Gasteiger partial charge is 0.349 e. The maximum atomic E-state index is 13.3. The van der Waals surface area contributed by atoms with Crippen molar-refractivity contribution in [2.75, 3.05) is 7.11 Å². The molecular weight excluding hydrogens is 295 g/mol. The minimum atomic E-state index is -1.03. The van der Waals surface area contributed by atoms with E-state index in [1.165, 1.54) is 36.6 Å². The van der Waals surface area contributed by atoms with Gasteiger partial charge in [0.15, 0.2) is 4.88 Å². The third-order valence-corrected chi connectivity index (χ3v) is 4.17. The summed E-state index contributed by atoms with van der Waals surface area (Å²) in [6.07, 6.45) is 0.734. The molecule has 0 aliphatic rings. The molecule has 0 unspecified atom stereocenters.